The van der Waals surface area contributed by atoms with Crippen LogP contribution in [-0.2, 0) is 12.3 Å². The first kappa shape index (κ1) is 24.4. The standard InChI is InChI=1S/C24H25N3S.C3H8/c1-18-13-22(16-27-24(18)23-9-11-25-20(3)14-23)15-26-19(2)10-12-28-17-21-7-5-4-6-8-21;1-3-2/h4-14,16,26H,2,15,17H2,1,3H3;3H2,1-2H3/b12-10+;. The number of allylic oxidation sites excluding steroid dienone is 1. The molecule has 4 heteroatoms. The molecule has 1 N–H and O–H groups in total. The number of nitrogens with zero attached hydrogens (tertiary/aromatic N) is 2. The van der Waals surface area contributed by atoms with Crippen molar-refractivity contribution in [2.75, 3.05) is 0 Å². The Morgan fingerprint density at radius 3 is 2.45 bits per heavy atom. The third kappa shape index (κ3) is 8.81. The van der Waals surface area contributed by atoms with Gasteiger partial charge in [-0.25, -0.2) is 0 Å². The quantitative estimate of drug-likeness (QED) is 0.382. The first-order chi connectivity index (χ1) is 15.0. The molecule has 0 aliphatic rings. The van der Waals surface area contributed by atoms with Gasteiger partial charge in [0.25, 0.3) is 0 Å². The molecule has 31 heavy (non-hydrogen) atoms. The number of aryl methyl sites for hydroxylation is 2. The van der Waals surface area contributed by atoms with Gasteiger partial charge in [-0.2, -0.15) is 0 Å². The Morgan fingerprint density at radius 2 is 1.77 bits per heavy atom. The van der Waals surface area contributed by atoms with Gasteiger partial charge in [-0.15, -0.1) is 11.8 Å². The third-order valence-corrected chi connectivity index (χ3v) is 5.11. The number of hydrogen-bond donors (Lipinski definition) is 1. The van der Waals surface area contributed by atoms with E-state index >= 15 is 0 Å². The third-order valence-electron chi connectivity index (χ3n) is 4.28. The van der Waals surface area contributed by atoms with Crippen molar-refractivity contribution in [2.24, 2.45) is 0 Å². The van der Waals surface area contributed by atoms with Crippen LogP contribution in [0.1, 0.15) is 42.7 Å². The minimum absolute atomic E-state index is 0.704. The number of thioether (sulfide) groups is 1. The molecule has 0 radical (unpaired) electrons. The van der Waals surface area contributed by atoms with Gasteiger partial charge in [0.15, 0.2) is 0 Å². The highest BCUT2D eigenvalue weighted by Crippen LogP contribution is 2.22. The second-order valence-electron chi connectivity index (χ2n) is 7.38. The van der Waals surface area contributed by atoms with Crippen molar-refractivity contribution in [1.82, 2.24) is 15.3 Å². The minimum Gasteiger partial charge on any atom is -0.381 e. The van der Waals surface area contributed by atoms with Crippen LogP contribution in [0.25, 0.3) is 11.3 Å². The zero-order valence-corrected chi connectivity index (χ0v) is 19.9. The molecule has 162 valence electrons. The van der Waals surface area contributed by atoms with E-state index in [1.807, 2.05) is 37.5 Å². The number of pyridine rings is 2. The molecule has 0 saturated heterocycles. The Hall–Kier alpha value is -2.85. The van der Waals surface area contributed by atoms with Crippen molar-refractivity contribution in [1.29, 1.82) is 0 Å². The van der Waals surface area contributed by atoms with Gasteiger partial charge < -0.3 is 5.32 Å². The topological polar surface area (TPSA) is 37.8 Å². The average molecular weight is 432 g/mol. The highest BCUT2D eigenvalue weighted by atomic mass is 32.2. The molecule has 0 spiro atoms. The van der Waals surface area contributed by atoms with E-state index in [-0.39, 0.29) is 0 Å². The summed E-state index contributed by atoms with van der Waals surface area (Å²) in [7, 11) is 0. The summed E-state index contributed by atoms with van der Waals surface area (Å²) >= 11 is 1.76. The van der Waals surface area contributed by atoms with Gasteiger partial charge in [-0.3, -0.25) is 9.97 Å². The van der Waals surface area contributed by atoms with Crippen LogP contribution in [0.5, 0.6) is 0 Å². The minimum atomic E-state index is 0.704. The summed E-state index contributed by atoms with van der Waals surface area (Å²) in [5.41, 5.74) is 7.62. The maximum atomic E-state index is 4.66. The molecule has 3 nitrogen and oxygen atoms in total. The van der Waals surface area contributed by atoms with Crippen LogP contribution >= 0.6 is 11.8 Å². The highest BCUT2D eigenvalue weighted by molar-refractivity contribution is 8.01. The fourth-order valence-electron chi connectivity index (χ4n) is 2.85. The van der Waals surface area contributed by atoms with Gasteiger partial charge in [-0.05, 0) is 54.2 Å². The highest BCUT2D eigenvalue weighted by Gasteiger charge is 2.05. The van der Waals surface area contributed by atoms with Crippen LogP contribution in [0.3, 0.4) is 0 Å². The summed E-state index contributed by atoms with van der Waals surface area (Å²) < 4.78 is 0. The fraction of sp³-hybridized carbons (Fsp3) is 0.259. The van der Waals surface area contributed by atoms with Crippen molar-refractivity contribution in [3.8, 4) is 11.3 Å². The number of aromatic nitrogens is 2. The molecule has 0 unspecified atom stereocenters. The van der Waals surface area contributed by atoms with Crippen LogP contribution in [0.2, 0.25) is 0 Å². The van der Waals surface area contributed by atoms with E-state index in [1.54, 1.807) is 11.8 Å². The largest absolute Gasteiger partial charge is 0.381 e. The summed E-state index contributed by atoms with van der Waals surface area (Å²) in [5, 5.41) is 5.43. The number of hydrogen-bond acceptors (Lipinski definition) is 4. The van der Waals surface area contributed by atoms with Crippen molar-refractivity contribution in [3.63, 3.8) is 0 Å². The maximum Gasteiger partial charge on any atom is 0.0732 e. The molecule has 0 fully saturated rings. The van der Waals surface area contributed by atoms with Crippen LogP contribution in [0, 0.1) is 13.8 Å². The molecule has 0 atom stereocenters. The zero-order valence-electron chi connectivity index (χ0n) is 19.1. The fourth-order valence-corrected chi connectivity index (χ4v) is 3.59. The van der Waals surface area contributed by atoms with Crippen molar-refractivity contribution >= 4 is 11.8 Å². The molecule has 0 aliphatic carbocycles. The summed E-state index contributed by atoms with van der Waals surface area (Å²) in [4.78, 5) is 8.91. The smallest absolute Gasteiger partial charge is 0.0732 e. The summed E-state index contributed by atoms with van der Waals surface area (Å²) in [6.45, 7) is 13.1. The average Bonchev–Trinajstić information content (AvgIpc) is 2.77. The van der Waals surface area contributed by atoms with Gasteiger partial charge in [0, 0.05) is 41.6 Å². The van der Waals surface area contributed by atoms with Gasteiger partial charge in [0.1, 0.15) is 0 Å². The zero-order chi connectivity index (χ0) is 22.5. The van der Waals surface area contributed by atoms with Crippen LogP contribution in [0.4, 0.5) is 0 Å². The van der Waals surface area contributed by atoms with Crippen molar-refractivity contribution in [2.45, 2.75) is 46.4 Å². The lowest BCUT2D eigenvalue weighted by atomic mass is 10.1. The molecule has 2 heterocycles. The van der Waals surface area contributed by atoms with Crippen LogP contribution < -0.4 is 5.32 Å². The lowest BCUT2D eigenvalue weighted by Crippen LogP contribution is -2.10. The molecular weight excluding hydrogens is 398 g/mol. The summed E-state index contributed by atoms with van der Waals surface area (Å²) in [5.74, 6) is 0.962. The first-order valence-electron chi connectivity index (χ1n) is 10.7. The lowest BCUT2D eigenvalue weighted by molar-refractivity contribution is 0.831. The molecular formula is C27H33N3S. The summed E-state index contributed by atoms with van der Waals surface area (Å²) in [6.07, 6.45) is 7.02. The first-order valence-corrected chi connectivity index (χ1v) is 11.7. The van der Waals surface area contributed by atoms with E-state index in [0.717, 1.165) is 39.5 Å². The van der Waals surface area contributed by atoms with E-state index in [1.165, 1.54) is 12.0 Å². The molecule has 3 aromatic rings. The van der Waals surface area contributed by atoms with Gasteiger partial charge in [-0.1, -0.05) is 63.2 Å². The number of rotatable bonds is 8. The molecule has 0 bridgehead atoms. The lowest BCUT2D eigenvalue weighted by Gasteiger charge is -2.10. The molecule has 0 amide bonds. The molecule has 0 saturated carbocycles. The maximum absolute atomic E-state index is 4.66. The van der Waals surface area contributed by atoms with Crippen molar-refractivity contribution in [3.05, 3.63) is 107 Å². The Morgan fingerprint density at radius 1 is 1.03 bits per heavy atom. The predicted octanol–water partition coefficient (Wildman–Crippen LogP) is 7.23. The second-order valence-corrected chi connectivity index (χ2v) is 8.27. The number of nitrogens with one attached hydrogen (secondary N) is 1. The normalized spacial score (nSPS) is 10.5. The Kier molecular flexibility index (Phi) is 10.6. The monoisotopic (exact) mass is 431 g/mol. The predicted molar refractivity (Wildman–Crippen MR) is 136 cm³/mol. The molecule has 0 aliphatic heterocycles. The van der Waals surface area contributed by atoms with E-state index < -0.39 is 0 Å². The molecule has 1 aromatic carbocycles. The summed E-state index contributed by atoms with van der Waals surface area (Å²) in [6, 6.07) is 16.7. The van der Waals surface area contributed by atoms with E-state index in [9.17, 15) is 0 Å². The SMILES string of the molecule is C=C(/C=C/SCc1ccccc1)NCc1cnc(-c2ccnc(C)c2)c(C)c1.CCC. The Bertz CT molecular complexity index is 981. The Labute approximate surface area is 191 Å². The van der Waals surface area contributed by atoms with E-state index in [0.29, 0.717) is 6.54 Å². The Balaban J connectivity index is 0.00000107. The van der Waals surface area contributed by atoms with Gasteiger partial charge in [0.2, 0.25) is 0 Å². The van der Waals surface area contributed by atoms with E-state index in [4.69, 9.17) is 0 Å². The van der Waals surface area contributed by atoms with Gasteiger partial charge >= 0.3 is 0 Å². The van der Waals surface area contributed by atoms with Crippen LogP contribution in [0.15, 0.2) is 84.7 Å². The molecule has 2 aromatic heterocycles. The second kappa shape index (κ2) is 13.5. The molecule has 3 rings (SSSR count). The van der Waals surface area contributed by atoms with Gasteiger partial charge in [0.05, 0.1) is 5.69 Å². The number of benzene rings is 1. The van der Waals surface area contributed by atoms with Crippen molar-refractivity contribution < 1.29 is 0 Å². The van der Waals surface area contributed by atoms with Crippen LogP contribution in [-0.4, -0.2) is 9.97 Å². The van der Waals surface area contributed by atoms with E-state index in [2.05, 4.69) is 84.4 Å².